The molecule has 1 aromatic rings. The first kappa shape index (κ1) is 13.0. The predicted octanol–water partition coefficient (Wildman–Crippen LogP) is 2.35. The second kappa shape index (κ2) is 6.48. The number of nitrogens with one attached hydrogen (secondary N) is 1. The first-order valence-corrected chi connectivity index (χ1v) is 6.18. The Bertz CT molecular complexity index is 264. The van der Waals surface area contributed by atoms with Crippen molar-refractivity contribution in [1.29, 1.82) is 0 Å². The van der Waals surface area contributed by atoms with Crippen LogP contribution in [0.3, 0.4) is 0 Å². The highest BCUT2D eigenvalue weighted by Crippen LogP contribution is 2.16. The molecule has 2 heterocycles. The van der Waals surface area contributed by atoms with E-state index in [0.717, 1.165) is 6.54 Å². The van der Waals surface area contributed by atoms with Gasteiger partial charge in [0.05, 0.1) is 0 Å². The van der Waals surface area contributed by atoms with E-state index in [4.69, 9.17) is 0 Å². The lowest BCUT2D eigenvalue weighted by Gasteiger charge is -2.32. The second-order valence-corrected chi connectivity index (χ2v) is 4.97. The number of hydrogen-bond acceptors (Lipinski definition) is 3. The number of likely N-dealkylation sites (tertiary alicyclic amines) is 1. The van der Waals surface area contributed by atoms with E-state index in [9.17, 15) is 0 Å². The summed E-state index contributed by atoms with van der Waals surface area (Å²) in [5.74, 6) is 0. The normalized spacial score (nSPS) is 22.3. The van der Waals surface area contributed by atoms with Gasteiger partial charge in [-0.15, -0.1) is 23.7 Å². The van der Waals surface area contributed by atoms with Gasteiger partial charge >= 0.3 is 0 Å². The van der Waals surface area contributed by atoms with Gasteiger partial charge in [0.2, 0.25) is 0 Å². The maximum Gasteiger partial charge on any atom is 0.0328 e. The Hall–Kier alpha value is -0.0900. The number of thiophene rings is 1. The highest BCUT2D eigenvalue weighted by atomic mass is 35.5. The fourth-order valence-electron chi connectivity index (χ4n) is 2.06. The zero-order valence-electron chi connectivity index (χ0n) is 9.11. The van der Waals surface area contributed by atoms with Crippen LogP contribution in [-0.2, 0) is 6.54 Å². The van der Waals surface area contributed by atoms with Crippen LogP contribution in [0.25, 0.3) is 0 Å². The highest BCUT2D eigenvalue weighted by Gasteiger charge is 2.18. The van der Waals surface area contributed by atoms with Gasteiger partial charge in [-0.1, -0.05) is 6.07 Å². The first-order valence-electron chi connectivity index (χ1n) is 5.30. The van der Waals surface area contributed by atoms with Gasteiger partial charge in [0, 0.05) is 24.0 Å². The van der Waals surface area contributed by atoms with E-state index in [1.54, 1.807) is 0 Å². The summed E-state index contributed by atoms with van der Waals surface area (Å²) in [5, 5.41) is 5.54. The van der Waals surface area contributed by atoms with Crippen LogP contribution in [0.4, 0.5) is 0 Å². The van der Waals surface area contributed by atoms with Crippen molar-refractivity contribution >= 4 is 23.7 Å². The standard InChI is InChI=1S/C11H18N2S.ClH/c1-12-10-4-2-6-13(8-10)9-11-5-3-7-14-11;/h3,5,7,10,12H,2,4,6,8-9H2,1H3;1H. The van der Waals surface area contributed by atoms with E-state index in [1.807, 2.05) is 11.3 Å². The van der Waals surface area contributed by atoms with Crippen LogP contribution in [0.1, 0.15) is 17.7 Å². The molecular formula is C11H19ClN2S. The molecular weight excluding hydrogens is 228 g/mol. The van der Waals surface area contributed by atoms with Crippen LogP contribution in [0.2, 0.25) is 0 Å². The summed E-state index contributed by atoms with van der Waals surface area (Å²) in [6.45, 7) is 3.60. The molecule has 0 radical (unpaired) electrons. The smallest absolute Gasteiger partial charge is 0.0328 e. The quantitative estimate of drug-likeness (QED) is 0.881. The molecule has 1 unspecified atom stereocenters. The third kappa shape index (κ3) is 3.76. The van der Waals surface area contributed by atoms with Crippen molar-refractivity contribution in [2.24, 2.45) is 0 Å². The van der Waals surface area contributed by atoms with Crippen LogP contribution >= 0.6 is 23.7 Å². The minimum atomic E-state index is 0. The molecule has 0 aromatic carbocycles. The van der Waals surface area contributed by atoms with Crippen molar-refractivity contribution < 1.29 is 0 Å². The van der Waals surface area contributed by atoms with Crippen LogP contribution in [-0.4, -0.2) is 31.1 Å². The molecule has 15 heavy (non-hydrogen) atoms. The number of piperidine rings is 1. The van der Waals surface area contributed by atoms with E-state index in [0.29, 0.717) is 6.04 Å². The van der Waals surface area contributed by atoms with Crippen molar-refractivity contribution in [2.45, 2.75) is 25.4 Å². The molecule has 0 bridgehead atoms. The molecule has 1 atom stereocenters. The minimum Gasteiger partial charge on any atom is -0.316 e. The fourth-order valence-corrected chi connectivity index (χ4v) is 2.80. The Morgan fingerprint density at radius 2 is 2.47 bits per heavy atom. The average molecular weight is 247 g/mol. The molecule has 1 aliphatic heterocycles. The summed E-state index contributed by atoms with van der Waals surface area (Å²) in [6, 6.07) is 5.07. The van der Waals surface area contributed by atoms with Gasteiger partial charge in [-0.2, -0.15) is 0 Å². The molecule has 1 N–H and O–H groups in total. The lowest BCUT2D eigenvalue weighted by molar-refractivity contribution is 0.189. The highest BCUT2D eigenvalue weighted by molar-refractivity contribution is 7.09. The van der Waals surface area contributed by atoms with Crippen LogP contribution < -0.4 is 5.32 Å². The first-order chi connectivity index (χ1) is 6.88. The monoisotopic (exact) mass is 246 g/mol. The third-order valence-electron chi connectivity index (χ3n) is 2.87. The Morgan fingerprint density at radius 3 is 3.13 bits per heavy atom. The van der Waals surface area contributed by atoms with Gasteiger partial charge in [0.15, 0.2) is 0 Å². The van der Waals surface area contributed by atoms with Gasteiger partial charge in [-0.05, 0) is 37.9 Å². The number of rotatable bonds is 3. The lowest BCUT2D eigenvalue weighted by Crippen LogP contribution is -2.43. The summed E-state index contributed by atoms with van der Waals surface area (Å²) in [6.07, 6.45) is 2.66. The zero-order valence-corrected chi connectivity index (χ0v) is 10.7. The van der Waals surface area contributed by atoms with Crippen molar-refractivity contribution in [3.8, 4) is 0 Å². The molecule has 4 heteroatoms. The Morgan fingerprint density at radius 1 is 1.60 bits per heavy atom. The van der Waals surface area contributed by atoms with Crippen molar-refractivity contribution in [2.75, 3.05) is 20.1 Å². The van der Waals surface area contributed by atoms with Crippen molar-refractivity contribution in [3.05, 3.63) is 22.4 Å². The number of halogens is 1. The van der Waals surface area contributed by atoms with Crippen LogP contribution in [0.15, 0.2) is 17.5 Å². The largest absolute Gasteiger partial charge is 0.316 e. The molecule has 0 saturated carbocycles. The van der Waals surface area contributed by atoms with E-state index in [2.05, 4.69) is 34.8 Å². The van der Waals surface area contributed by atoms with Crippen LogP contribution in [0.5, 0.6) is 0 Å². The van der Waals surface area contributed by atoms with Gasteiger partial charge in [0.1, 0.15) is 0 Å². The van der Waals surface area contributed by atoms with Crippen molar-refractivity contribution in [1.82, 2.24) is 10.2 Å². The van der Waals surface area contributed by atoms with Crippen molar-refractivity contribution in [3.63, 3.8) is 0 Å². The topological polar surface area (TPSA) is 15.3 Å². The maximum absolute atomic E-state index is 3.38. The molecule has 1 aromatic heterocycles. The minimum absolute atomic E-state index is 0. The molecule has 1 saturated heterocycles. The second-order valence-electron chi connectivity index (χ2n) is 3.94. The fraction of sp³-hybridized carbons (Fsp3) is 0.636. The predicted molar refractivity (Wildman–Crippen MR) is 68.9 cm³/mol. The Labute approximate surface area is 102 Å². The summed E-state index contributed by atoms with van der Waals surface area (Å²) in [5.41, 5.74) is 0. The molecule has 2 nitrogen and oxygen atoms in total. The molecule has 0 spiro atoms. The number of likely N-dealkylation sites (N-methyl/N-ethyl adjacent to an activating group) is 1. The zero-order chi connectivity index (χ0) is 9.80. The third-order valence-corrected chi connectivity index (χ3v) is 3.73. The van der Waals surface area contributed by atoms with Gasteiger partial charge in [-0.25, -0.2) is 0 Å². The van der Waals surface area contributed by atoms with E-state index in [1.165, 1.54) is 30.8 Å². The Kier molecular flexibility index (Phi) is 5.61. The lowest BCUT2D eigenvalue weighted by atomic mass is 10.1. The van der Waals surface area contributed by atoms with Gasteiger partial charge in [0.25, 0.3) is 0 Å². The summed E-state index contributed by atoms with van der Waals surface area (Å²) < 4.78 is 0. The molecule has 2 rings (SSSR count). The van der Waals surface area contributed by atoms with Crippen LogP contribution in [0, 0.1) is 0 Å². The molecule has 1 fully saturated rings. The SMILES string of the molecule is CNC1CCCN(Cc2cccs2)C1.Cl. The number of hydrogen-bond donors (Lipinski definition) is 1. The summed E-state index contributed by atoms with van der Waals surface area (Å²) in [7, 11) is 2.07. The van der Waals surface area contributed by atoms with Gasteiger partial charge in [-0.3, -0.25) is 4.90 Å². The molecule has 0 aliphatic carbocycles. The Balaban J connectivity index is 0.00000112. The van der Waals surface area contributed by atoms with Gasteiger partial charge < -0.3 is 5.32 Å². The summed E-state index contributed by atoms with van der Waals surface area (Å²) in [4.78, 5) is 4.04. The van der Waals surface area contributed by atoms with E-state index >= 15 is 0 Å². The average Bonchev–Trinajstić information content (AvgIpc) is 2.71. The molecule has 0 amide bonds. The summed E-state index contributed by atoms with van der Waals surface area (Å²) >= 11 is 1.86. The number of nitrogens with zero attached hydrogens (tertiary/aromatic N) is 1. The van der Waals surface area contributed by atoms with E-state index in [-0.39, 0.29) is 12.4 Å². The molecule has 86 valence electrons. The van der Waals surface area contributed by atoms with E-state index < -0.39 is 0 Å². The molecule has 1 aliphatic rings. The maximum atomic E-state index is 3.38.